The molecule has 2 unspecified atom stereocenters. The summed E-state index contributed by atoms with van der Waals surface area (Å²) >= 11 is 0. The smallest absolute Gasteiger partial charge is 0.338 e. The lowest BCUT2D eigenvalue weighted by atomic mass is 9.99. The molecule has 22 heavy (non-hydrogen) atoms. The average molecular weight is 312 g/mol. The number of hydrogen-bond donors (Lipinski definition) is 2. The highest BCUT2D eigenvalue weighted by Crippen LogP contribution is 2.25. The van der Waals surface area contributed by atoms with Gasteiger partial charge in [0.05, 0.1) is 12.2 Å². The van der Waals surface area contributed by atoms with Crippen LogP contribution in [0.2, 0.25) is 0 Å². The number of hydrogen-bond acceptors (Lipinski definition) is 7. The van der Waals surface area contributed by atoms with Crippen molar-refractivity contribution < 1.29 is 34.0 Å². The molecule has 1 saturated heterocycles. The highest BCUT2D eigenvalue weighted by Gasteiger charge is 2.47. The zero-order chi connectivity index (χ0) is 16.1. The van der Waals surface area contributed by atoms with Crippen LogP contribution in [-0.4, -0.2) is 67.7 Å². The third kappa shape index (κ3) is 3.63. The van der Waals surface area contributed by atoms with E-state index in [1.807, 2.05) is 0 Å². The van der Waals surface area contributed by atoms with E-state index in [9.17, 15) is 15.0 Å². The van der Waals surface area contributed by atoms with Crippen molar-refractivity contribution >= 4 is 5.97 Å². The minimum Gasteiger partial charge on any atom is -0.453 e. The molecule has 0 radical (unpaired) electrons. The van der Waals surface area contributed by atoms with E-state index < -0.39 is 36.7 Å². The standard InChI is InChI=1S/C15H20O7/c1-19-8-10-11(16)13(12(17)15(20-2)21-10)22-14(18)9-6-4-3-5-7-9/h3-7,10-13,15-17H,8H2,1-2H3/t10?,11-,12-,13?,15+/m0/s1. The first-order valence-corrected chi connectivity index (χ1v) is 6.87. The molecule has 5 atom stereocenters. The highest BCUT2D eigenvalue weighted by atomic mass is 16.7. The lowest BCUT2D eigenvalue weighted by Crippen LogP contribution is -2.60. The Labute approximate surface area is 128 Å². The van der Waals surface area contributed by atoms with Crippen LogP contribution in [-0.2, 0) is 18.9 Å². The van der Waals surface area contributed by atoms with Crippen LogP contribution in [0, 0.1) is 0 Å². The van der Waals surface area contributed by atoms with Gasteiger partial charge >= 0.3 is 5.97 Å². The molecule has 7 heteroatoms. The summed E-state index contributed by atoms with van der Waals surface area (Å²) in [5.74, 6) is -0.642. The molecule has 0 saturated carbocycles. The number of ether oxygens (including phenoxy) is 4. The van der Waals surface area contributed by atoms with E-state index in [4.69, 9.17) is 18.9 Å². The second-order valence-corrected chi connectivity index (χ2v) is 4.95. The predicted octanol–water partition coefficient (Wildman–Crippen LogP) is -0.0485. The van der Waals surface area contributed by atoms with Gasteiger partial charge in [0.2, 0.25) is 0 Å². The molecule has 1 heterocycles. The molecule has 2 rings (SSSR count). The molecule has 122 valence electrons. The number of carbonyl (C=O) groups is 1. The van der Waals surface area contributed by atoms with Gasteiger partial charge in [-0.2, -0.15) is 0 Å². The number of esters is 1. The monoisotopic (exact) mass is 312 g/mol. The van der Waals surface area contributed by atoms with Gasteiger partial charge in [-0.05, 0) is 12.1 Å². The molecule has 1 aromatic carbocycles. The van der Waals surface area contributed by atoms with Crippen molar-refractivity contribution in [3.05, 3.63) is 35.9 Å². The normalized spacial score (nSPS) is 31.7. The van der Waals surface area contributed by atoms with Crippen LogP contribution < -0.4 is 0 Å². The molecule has 0 bridgehead atoms. The van der Waals surface area contributed by atoms with Gasteiger partial charge in [-0.25, -0.2) is 4.79 Å². The summed E-state index contributed by atoms with van der Waals surface area (Å²) in [7, 11) is 2.80. The second-order valence-electron chi connectivity index (χ2n) is 4.95. The second kappa shape index (κ2) is 7.66. The first-order chi connectivity index (χ1) is 10.6. The van der Waals surface area contributed by atoms with Gasteiger partial charge in [-0.1, -0.05) is 18.2 Å². The summed E-state index contributed by atoms with van der Waals surface area (Å²) < 4.78 is 20.6. The van der Waals surface area contributed by atoms with E-state index in [0.29, 0.717) is 5.56 Å². The Kier molecular flexibility index (Phi) is 5.87. The van der Waals surface area contributed by atoms with Crippen LogP contribution in [0.4, 0.5) is 0 Å². The molecular weight excluding hydrogens is 292 g/mol. The largest absolute Gasteiger partial charge is 0.453 e. The Bertz CT molecular complexity index is 478. The third-order valence-electron chi connectivity index (χ3n) is 3.46. The number of aliphatic hydroxyl groups is 2. The molecule has 2 N–H and O–H groups in total. The first kappa shape index (κ1) is 16.9. The summed E-state index contributed by atoms with van der Waals surface area (Å²) in [4.78, 5) is 12.1. The molecule has 0 amide bonds. The number of carbonyl (C=O) groups excluding carboxylic acids is 1. The van der Waals surface area contributed by atoms with Crippen molar-refractivity contribution in [3.8, 4) is 0 Å². The summed E-state index contributed by atoms with van der Waals surface area (Å²) in [5, 5.41) is 20.4. The SMILES string of the molecule is COCC1O[C@@H](OC)[C@@H](O)C(OC(=O)c2ccccc2)[C@H]1O. The van der Waals surface area contributed by atoms with Gasteiger partial charge in [0.15, 0.2) is 12.4 Å². The maximum absolute atomic E-state index is 12.1. The van der Waals surface area contributed by atoms with Gasteiger partial charge in [-0.3, -0.25) is 0 Å². The minimum atomic E-state index is -1.30. The molecule has 1 aliphatic rings. The summed E-state index contributed by atoms with van der Waals surface area (Å²) in [6, 6.07) is 8.32. The van der Waals surface area contributed by atoms with Crippen molar-refractivity contribution in [2.24, 2.45) is 0 Å². The van der Waals surface area contributed by atoms with Crippen molar-refractivity contribution in [1.29, 1.82) is 0 Å². The van der Waals surface area contributed by atoms with Gasteiger partial charge in [0.1, 0.15) is 18.3 Å². The lowest BCUT2D eigenvalue weighted by Gasteiger charge is -2.41. The molecule has 1 fully saturated rings. The molecule has 0 aliphatic carbocycles. The Hall–Kier alpha value is -1.51. The Balaban J connectivity index is 2.13. The van der Waals surface area contributed by atoms with Crippen LogP contribution in [0.1, 0.15) is 10.4 Å². The Morgan fingerprint density at radius 1 is 1.18 bits per heavy atom. The van der Waals surface area contributed by atoms with Crippen LogP contribution in [0.5, 0.6) is 0 Å². The zero-order valence-corrected chi connectivity index (χ0v) is 12.4. The summed E-state index contributed by atoms with van der Waals surface area (Å²) in [5.41, 5.74) is 0.325. The van der Waals surface area contributed by atoms with Crippen molar-refractivity contribution in [3.63, 3.8) is 0 Å². The average Bonchev–Trinajstić information content (AvgIpc) is 2.54. The van der Waals surface area contributed by atoms with Gasteiger partial charge in [0, 0.05) is 14.2 Å². The number of methoxy groups -OCH3 is 2. The van der Waals surface area contributed by atoms with E-state index >= 15 is 0 Å². The van der Waals surface area contributed by atoms with Crippen LogP contribution >= 0.6 is 0 Å². The van der Waals surface area contributed by atoms with Crippen molar-refractivity contribution in [2.75, 3.05) is 20.8 Å². The highest BCUT2D eigenvalue weighted by molar-refractivity contribution is 5.89. The fourth-order valence-corrected chi connectivity index (χ4v) is 2.30. The Morgan fingerprint density at radius 3 is 2.45 bits per heavy atom. The molecule has 1 aliphatic heterocycles. The maximum Gasteiger partial charge on any atom is 0.338 e. The quantitative estimate of drug-likeness (QED) is 0.736. The lowest BCUT2D eigenvalue weighted by molar-refractivity contribution is -0.294. The van der Waals surface area contributed by atoms with E-state index in [1.54, 1.807) is 30.3 Å². The molecule has 1 aromatic rings. The van der Waals surface area contributed by atoms with Gasteiger partial charge < -0.3 is 29.2 Å². The van der Waals surface area contributed by atoms with E-state index in [2.05, 4.69) is 0 Å². The topological polar surface area (TPSA) is 94.5 Å². The summed E-state index contributed by atoms with van der Waals surface area (Å²) in [6.07, 6.45) is -5.50. The molecule has 0 spiro atoms. The fourth-order valence-electron chi connectivity index (χ4n) is 2.30. The molecule has 7 nitrogen and oxygen atoms in total. The van der Waals surface area contributed by atoms with Crippen LogP contribution in [0.15, 0.2) is 30.3 Å². The number of aliphatic hydroxyl groups excluding tert-OH is 2. The third-order valence-corrected chi connectivity index (χ3v) is 3.46. The van der Waals surface area contributed by atoms with Crippen LogP contribution in [0.3, 0.4) is 0 Å². The van der Waals surface area contributed by atoms with E-state index in [-0.39, 0.29) is 6.61 Å². The predicted molar refractivity (Wildman–Crippen MR) is 75.2 cm³/mol. The molecule has 0 aromatic heterocycles. The Morgan fingerprint density at radius 2 is 1.86 bits per heavy atom. The number of rotatable bonds is 5. The maximum atomic E-state index is 12.1. The van der Waals surface area contributed by atoms with Crippen LogP contribution in [0.25, 0.3) is 0 Å². The fraction of sp³-hybridized carbons (Fsp3) is 0.533. The van der Waals surface area contributed by atoms with Crippen molar-refractivity contribution in [1.82, 2.24) is 0 Å². The summed E-state index contributed by atoms with van der Waals surface area (Å²) in [6.45, 7) is 0.0765. The van der Waals surface area contributed by atoms with E-state index in [1.165, 1.54) is 14.2 Å². The van der Waals surface area contributed by atoms with Crippen molar-refractivity contribution in [2.45, 2.75) is 30.7 Å². The van der Waals surface area contributed by atoms with Gasteiger partial charge in [-0.15, -0.1) is 0 Å². The molecular formula is C15H20O7. The zero-order valence-electron chi connectivity index (χ0n) is 12.4. The number of benzene rings is 1. The minimum absolute atomic E-state index is 0.0765. The first-order valence-electron chi connectivity index (χ1n) is 6.87. The van der Waals surface area contributed by atoms with E-state index in [0.717, 1.165) is 0 Å². The van der Waals surface area contributed by atoms with Gasteiger partial charge in [0.25, 0.3) is 0 Å².